The minimum absolute atomic E-state index is 1.10. The summed E-state index contributed by atoms with van der Waals surface area (Å²) in [5.74, 6) is 0. The van der Waals surface area contributed by atoms with E-state index in [9.17, 15) is 0 Å². The summed E-state index contributed by atoms with van der Waals surface area (Å²) in [6, 6.07) is 77.1. The lowest BCUT2D eigenvalue weighted by Gasteiger charge is -2.26. The summed E-state index contributed by atoms with van der Waals surface area (Å²) in [6.45, 7) is 0. The predicted molar refractivity (Wildman–Crippen MR) is 232 cm³/mol. The van der Waals surface area contributed by atoms with Gasteiger partial charge in [0, 0.05) is 34.1 Å². The van der Waals surface area contributed by atoms with E-state index in [1.54, 1.807) is 0 Å². The highest BCUT2D eigenvalue weighted by Gasteiger charge is 2.14. The topological polar surface area (TPSA) is 6.48 Å². The molecule has 2 nitrogen and oxygen atoms in total. The quantitative estimate of drug-likeness (QED) is 0.125. The van der Waals surface area contributed by atoms with Gasteiger partial charge in [-0.25, -0.2) is 0 Å². The molecule has 0 aliphatic rings. The van der Waals surface area contributed by atoms with Crippen molar-refractivity contribution >= 4 is 58.4 Å². The molecule has 0 bridgehead atoms. The number of benzene rings is 8. The zero-order chi connectivity index (χ0) is 36.4. The Balaban J connectivity index is 1.03. The van der Waals surface area contributed by atoms with Gasteiger partial charge in [0.2, 0.25) is 0 Å². The fourth-order valence-electron chi connectivity index (χ4n) is 6.64. The van der Waals surface area contributed by atoms with Crippen LogP contribution in [0.4, 0.5) is 34.1 Å². The first kappa shape index (κ1) is 34.0. The summed E-state index contributed by atoms with van der Waals surface area (Å²) in [5, 5.41) is 0. The second-order valence-electron chi connectivity index (χ2n) is 13.1. The van der Waals surface area contributed by atoms with Gasteiger partial charge >= 0.3 is 0 Å². The van der Waals surface area contributed by atoms with Crippen molar-refractivity contribution < 1.29 is 0 Å². The van der Waals surface area contributed by atoms with Gasteiger partial charge in [0.25, 0.3) is 0 Å². The zero-order valence-corrected chi connectivity index (χ0v) is 30.0. The second kappa shape index (κ2) is 16.5. The molecule has 2 heteroatoms. The number of hydrogen-bond donors (Lipinski definition) is 0. The van der Waals surface area contributed by atoms with Crippen LogP contribution < -0.4 is 9.80 Å². The number of hydrogen-bond acceptors (Lipinski definition) is 2. The molecule has 0 atom stereocenters. The van der Waals surface area contributed by atoms with Crippen LogP contribution in [-0.2, 0) is 0 Å². The zero-order valence-electron chi connectivity index (χ0n) is 30.0. The Kier molecular flexibility index (Phi) is 10.3. The molecule has 0 amide bonds. The molecular weight excluding hydrogens is 653 g/mol. The van der Waals surface area contributed by atoms with Crippen molar-refractivity contribution in [2.75, 3.05) is 9.80 Å². The van der Waals surface area contributed by atoms with Crippen molar-refractivity contribution in [1.82, 2.24) is 0 Å². The lowest BCUT2D eigenvalue weighted by molar-refractivity contribution is 1.28. The average Bonchev–Trinajstić information content (AvgIpc) is 3.25. The summed E-state index contributed by atoms with van der Waals surface area (Å²) >= 11 is 0. The maximum Gasteiger partial charge on any atom is 0.0462 e. The van der Waals surface area contributed by atoms with Gasteiger partial charge in [0.15, 0.2) is 0 Å². The fraction of sp³-hybridized carbons (Fsp3) is 0. The van der Waals surface area contributed by atoms with E-state index in [-0.39, 0.29) is 0 Å². The van der Waals surface area contributed by atoms with E-state index < -0.39 is 0 Å². The summed E-state index contributed by atoms with van der Waals surface area (Å²) in [5.41, 5.74) is 13.7. The van der Waals surface area contributed by atoms with Crippen molar-refractivity contribution in [3.8, 4) is 11.1 Å². The summed E-state index contributed by atoms with van der Waals surface area (Å²) in [6.07, 6.45) is 8.62. The van der Waals surface area contributed by atoms with Crippen LogP contribution in [0.3, 0.4) is 0 Å². The third-order valence-electron chi connectivity index (χ3n) is 9.45. The van der Waals surface area contributed by atoms with Crippen LogP contribution in [-0.4, -0.2) is 0 Å². The Bertz CT molecular complexity index is 2240. The molecule has 0 fully saturated rings. The third kappa shape index (κ3) is 8.15. The summed E-state index contributed by atoms with van der Waals surface area (Å²) < 4.78 is 0. The van der Waals surface area contributed by atoms with E-state index >= 15 is 0 Å². The molecule has 0 radical (unpaired) electrons. The first-order chi connectivity index (χ1) is 26.8. The number of rotatable bonds is 11. The average molecular weight is 693 g/mol. The largest absolute Gasteiger partial charge is 0.311 e. The molecule has 258 valence electrons. The number of para-hydroxylation sites is 2. The van der Waals surface area contributed by atoms with Gasteiger partial charge in [0.1, 0.15) is 0 Å². The van der Waals surface area contributed by atoms with Crippen molar-refractivity contribution in [3.05, 3.63) is 241 Å². The third-order valence-corrected chi connectivity index (χ3v) is 9.45. The lowest BCUT2D eigenvalue weighted by Crippen LogP contribution is -2.10. The number of nitrogens with zero attached hydrogens (tertiary/aromatic N) is 2. The van der Waals surface area contributed by atoms with Crippen molar-refractivity contribution in [2.45, 2.75) is 0 Å². The minimum atomic E-state index is 1.10. The van der Waals surface area contributed by atoms with E-state index in [1.165, 1.54) is 22.3 Å². The molecule has 0 unspecified atom stereocenters. The Morgan fingerprint density at radius 2 is 0.426 bits per heavy atom. The molecular formula is C52H40N2. The maximum absolute atomic E-state index is 2.30. The molecule has 54 heavy (non-hydrogen) atoms. The first-order valence-corrected chi connectivity index (χ1v) is 18.3. The van der Waals surface area contributed by atoms with E-state index in [0.717, 1.165) is 45.3 Å². The normalized spacial score (nSPS) is 11.2. The standard InChI is InChI=1S/C52H40N2/c1-5-13-41(14-6-1)21-23-43-25-33-49(34-26-43)53(47-17-9-3-10-18-47)51-37-29-45(30-38-51)46-31-39-52(40-32-46)54(48-19-11-4-12-20-48)50-35-27-44(28-36-50)24-22-42-15-7-2-8-16-42/h1-40H/b23-21-,24-22-. The Hall–Kier alpha value is -7.16. The number of anilines is 6. The van der Waals surface area contributed by atoms with Crippen molar-refractivity contribution in [3.63, 3.8) is 0 Å². The molecule has 0 spiro atoms. The SMILES string of the molecule is C(=C/c1ccc(N(c2ccccc2)c2ccc(-c3ccc(N(c4ccccc4)c4ccc(/C=C\c5ccccc5)cc4)cc3)cc2)cc1)/c1ccccc1. The predicted octanol–water partition coefficient (Wildman–Crippen LogP) is 14.6. The van der Waals surface area contributed by atoms with Crippen molar-refractivity contribution in [2.24, 2.45) is 0 Å². The van der Waals surface area contributed by atoms with Crippen LogP contribution in [0.2, 0.25) is 0 Å². The summed E-state index contributed by atoms with van der Waals surface area (Å²) in [4.78, 5) is 4.61. The van der Waals surface area contributed by atoms with Crippen LogP contribution in [0, 0.1) is 0 Å². The molecule has 0 heterocycles. The van der Waals surface area contributed by atoms with Crippen LogP contribution >= 0.6 is 0 Å². The summed E-state index contributed by atoms with van der Waals surface area (Å²) in [7, 11) is 0. The Morgan fingerprint density at radius 3 is 0.722 bits per heavy atom. The van der Waals surface area contributed by atoms with E-state index in [1.807, 2.05) is 12.1 Å². The monoisotopic (exact) mass is 692 g/mol. The highest BCUT2D eigenvalue weighted by atomic mass is 15.1. The molecule has 0 aliphatic carbocycles. The first-order valence-electron chi connectivity index (χ1n) is 18.3. The Morgan fingerprint density at radius 1 is 0.204 bits per heavy atom. The van der Waals surface area contributed by atoms with E-state index in [2.05, 4.69) is 240 Å². The Labute approximate surface area is 318 Å². The molecule has 8 aromatic carbocycles. The van der Waals surface area contributed by atoms with Crippen molar-refractivity contribution in [1.29, 1.82) is 0 Å². The van der Waals surface area contributed by atoms with Gasteiger partial charge < -0.3 is 9.80 Å². The van der Waals surface area contributed by atoms with Gasteiger partial charge in [-0.15, -0.1) is 0 Å². The van der Waals surface area contributed by atoms with Gasteiger partial charge in [0.05, 0.1) is 0 Å². The minimum Gasteiger partial charge on any atom is -0.311 e. The lowest BCUT2D eigenvalue weighted by atomic mass is 10.0. The molecule has 0 aliphatic heterocycles. The molecule has 0 N–H and O–H groups in total. The second-order valence-corrected chi connectivity index (χ2v) is 13.1. The molecule has 8 aromatic rings. The van der Waals surface area contributed by atoms with Gasteiger partial charge in [-0.1, -0.05) is 170 Å². The van der Waals surface area contributed by atoms with Crippen LogP contribution in [0.5, 0.6) is 0 Å². The highest BCUT2D eigenvalue weighted by Crippen LogP contribution is 2.38. The molecule has 0 saturated heterocycles. The van der Waals surface area contributed by atoms with Gasteiger partial charge in [-0.2, -0.15) is 0 Å². The fourth-order valence-corrected chi connectivity index (χ4v) is 6.64. The highest BCUT2D eigenvalue weighted by molar-refractivity contribution is 5.82. The smallest absolute Gasteiger partial charge is 0.0462 e. The van der Waals surface area contributed by atoms with Crippen LogP contribution in [0.25, 0.3) is 35.4 Å². The molecule has 0 aromatic heterocycles. The van der Waals surface area contributed by atoms with Crippen LogP contribution in [0.15, 0.2) is 218 Å². The van der Waals surface area contributed by atoms with Gasteiger partial charge in [-0.3, -0.25) is 0 Å². The molecule has 8 rings (SSSR count). The van der Waals surface area contributed by atoms with Gasteiger partial charge in [-0.05, 0) is 106 Å². The van der Waals surface area contributed by atoms with E-state index in [0.29, 0.717) is 0 Å². The van der Waals surface area contributed by atoms with Crippen LogP contribution in [0.1, 0.15) is 22.3 Å². The maximum atomic E-state index is 2.30. The molecule has 0 saturated carbocycles. The van der Waals surface area contributed by atoms with E-state index in [4.69, 9.17) is 0 Å².